The van der Waals surface area contributed by atoms with E-state index < -0.39 is 86.8 Å². The van der Waals surface area contributed by atoms with Crippen LogP contribution in [0.5, 0.6) is 0 Å². The summed E-state index contributed by atoms with van der Waals surface area (Å²) < 4.78 is 22.9. The van der Waals surface area contributed by atoms with Crippen LogP contribution in [0.4, 0.5) is 0 Å². The smallest absolute Gasteiger partial charge is 0.220 e. The number of rotatable bonds is 69. The highest BCUT2D eigenvalue weighted by Gasteiger charge is 2.51. The van der Waals surface area contributed by atoms with Gasteiger partial charge in [-0.15, -0.1) is 0 Å². The van der Waals surface area contributed by atoms with E-state index in [0.29, 0.717) is 12.8 Å². The second-order valence-electron chi connectivity index (χ2n) is 28.9. The number of ether oxygens (including phenoxy) is 4. The first-order valence-electron chi connectivity index (χ1n) is 40.7. The largest absolute Gasteiger partial charge is 0.394 e. The predicted octanol–water partition coefficient (Wildman–Crippen LogP) is 18.4. The standard InChI is InChI=1S/C81H153NO13/c1-3-5-7-9-11-13-15-17-19-21-23-25-27-29-31-33-34-35-37-39-41-43-45-47-49-51-53-55-57-59-61-63-65-73(86)82-69(68-92-80-78(91)76(89)79(72(67-84)94-80)95-81-77(90)75(88)74(87)71(66-83)93-81)70(85)64-62-60-58-56-54-52-50-48-46-44-42-40-38-36-32-30-28-26-24-22-20-18-16-14-12-10-8-6-4-2/h46,48,54,56,62,64,69-72,74-81,83-85,87-91H,3-45,47,49-53,55,57-61,63,65-68H2,1-2H3,(H,82,86)/b48-46+,56-54+,64-62+. The molecule has 2 aliphatic rings. The number of hydrogen-bond donors (Lipinski definition) is 9. The van der Waals surface area contributed by atoms with Crippen LogP contribution in [0.3, 0.4) is 0 Å². The number of hydrogen-bond acceptors (Lipinski definition) is 13. The Morgan fingerprint density at radius 1 is 0.368 bits per heavy atom. The third-order valence-electron chi connectivity index (χ3n) is 20.1. The van der Waals surface area contributed by atoms with Crippen molar-refractivity contribution < 1.29 is 64.6 Å². The van der Waals surface area contributed by atoms with Crippen molar-refractivity contribution in [2.75, 3.05) is 19.8 Å². The molecule has 0 saturated carbocycles. The zero-order chi connectivity index (χ0) is 68.7. The number of aliphatic hydroxyl groups excluding tert-OH is 8. The Balaban J connectivity index is 1.63. The number of aliphatic hydroxyl groups is 8. The van der Waals surface area contributed by atoms with Gasteiger partial charge in [-0.2, -0.15) is 0 Å². The third-order valence-corrected chi connectivity index (χ3v) is 20.1. The molecule has 0 aromatic carbocycles. The minimum Gasteiger partial charge on any atom is -0.394 e. The van der Waals surface area contributed by atoms with Crippen LogP contribution in [-0.2, 0) is 23.7 Å². The summed E-state index contributed by atoms with van der Waals surface area (Å²) in [5.41, 5.74) is 0. The van der Waals surface area contributed by atoms with E-state index in [2.05, 4.69) is 43.5 Å². The molecule has 0 radical (unpaired) electrons. The summed E-state index contributed by atoms with van der Waals surface area (Å²) in [6.07, 6.45) is 69.6. The third kappa shape index (κ3) is 48.6. The van der Waals surface area contributed by atoms with Crippen molar-refractivity contribution in [1.82, 2.24) is 5.32 Å². The molecule has 14 heteroatoms. The van der Waals surface area contributed by atoms with Crippen molar-refractivity contribution in [3.05, 3.63) is 36.5 Å². The van der Waals surface area contributed by atoms with Crippen LogP contribution >= 0.6 is 0 Å². The van der Waals surface area contributed by atoms with Gasteiger partial charge in [0.25, 0.3) is 0 Å². The van der Waals surface area contributed by atoms with Gasteiger partial charge in [-0.1, -0.05) is 365 Å². The van der Waals surface area contributed by atoms with Gasteiger partial charge in [0, 0.05) is 6.42 Å². The Bertz CT molecular complexity index is 1730. The first-order valence-corrected chi connectivity index (χ1v) is 40.7. The van der Waals surface area contributed by atoms with Crippen LogP contribution in [0.2, 0.25) is 0 Å². The Labute approximate surface area is 582 Å². The Morgan fingerprint density at radius 3 is 1.03 bits per heavy atom. The van der Waals surface area contributed by atoms with E-state index in [1.807, 2.05) is 6.08 Å². The van der Waals surface area contributed by atoms with Crippen molar-refractivity contribution in [1.29, 1.82) is 0 Å². The topological polar surface area (TPSA) is 228 Å². The van der Waals surface area contributed by atoms with Crippen molar-refractivity contribution in [3.8, 4) is 0 Å². The minimum atomic E-state index is -1.79. The van der Waals surface area contributed by atoms with E-state index in [4.69, 9.17) is 18.9 Å². The van der Waals surface area contributed by atoms with Gasteiger partial charge in [0.15, 0.2) is 12.6 Å². The molecule has 0 aromatic heterocycles. The molecule has 2 aliphatic heterocycles. The zero-order valence-corrected chi connectivity index (χ0v) is 61.4. The van der Waals surface area contributed by atoms with E-state index >= 15 is 0 Å². The van der Waals surface area contributed by atoms with Crippen molar-refractivity contribution in [3.63, 3.8) is 0 Å². The maximum atomic E-state index is 13.4. The molecule has 9 N–H and O–H groups in total. The highest BCUT2D eigenvalue weighted by Crippen LogP contribution is 2.30. The lowest BCUT2D eigenvalue weighted by molar-refractivity contribution is -0.359. The fourth-order valence-electron chi connectivity index (χ4n) is 13.6. The van der Waals surface area contributed by atoms with Crippen molar-refractivity contribution >= 4 is 5.91 Å². The van der Waals surface area contributed by atoms with Gasteiger partial charge < -0.3 is 65.1 Å². The second kappa shape index (κ2) is 65.5. The van der Waals surface area contributed by atoms with Gasteiger partial charge in [-0.25, -0.2) is 0 Å². The van der Waals surface area contributed by atoms with Gasteiger partial charge in [0.2, 0.25) is 5.91 Å². The molecule has 2 fully saturated rings. The molecule has 12 atom stereocenters. The lowest BCUT2D eigenvalue weighted by atomic mass is 9.97. The molecular weight excluding hydrogens is 1190 g/mol. The summed E-state index contributed by atoms with van der Waals surface area (Å²) in [7, 11) is 0. The number of carbonyl (C=O) groups is 1. The molecule has 14 nitrogen and oxygen atoms in total. The van der Waals surface area contributed by atoms with Gasteiger partial charge in [-0.05, 0) is 44.9 Å². The Kier molecular flexibility index (Phi) is 61.6. The molecule has 2 heterocycles. The summed E-state index contributed by atoms with van der Waals surface area (Å²) in [6.45, 7) is 2.85. The highest BCUT2D eigenvalue weighted by atomic mass is 16.7. The molecule has 560 valence electrons. The summed E-state index contributed by atoms with van der Waals surface area (Å²) in [6, 6.07) is -0.938. The molecule has 0 aromatic rings. The molecular formula is C81H153NO13. The second-order valence-corrected chi connectivity index (χ2v) is 28.9. The first-order chi connectivity index (χ1) is 46.6. The number of carbonyl (C=O) groups excluding carboxylic acids is 1. The van der Waals surface area contributed by atoms with E-state index in [1.54, 1.807) is 6.08 Å². The van der Waals surface area contributed by atoms with Gasteiger partial charge in [0.1, 0.15) is 48.8 Å². The maximum absolute atomic E-state index is 13.4. The van der Waals surface area contributed by atoms with E-state index in [0.717, 1.165) is 44.9 Å². The van der Waals surface area contributed by atoms with Crippen LogP contribution in [0.1, 0.15) is 380 Å². The molecule has 0 spiro atoms. The van der Waals surface area contributed by atoms with Gasteiger partial charge in [0.05, 0.1) is 32.0 Å². The molecule has 0 bridgehead atoms. The molecule has 95 heavy (non-hydrogen) atoms. The van der Waals surface area contributed by atoms with Crippen molar-refractivity contribution in [2.24, 2.45) is 0 Å². The maximum Gasteiger partial charge on any atom is 0.220 e. The minimum absolute atomic E-state index is 0.245. The van der Waals surface area contributed by atoms with Crippen LogP contribution in [0.15, 0.2) is 36.5 Å². The van der Waals surface area contributed by atoms with E-state index in [-0.39, 0.29) is 18.9 Å². The molecule has 2 saturated heterocycles. The fraction of sp³-hybridized carbons (Fsp3) is 0.914. The zero-order valence-electron chi connectivity index (χ0n) is 61.4. The quantitative estimate of drug-likeness (QED) is 0.0204. The van der Waals surface area contributed by atoms with Crippen LogP contribution in [-0.4, -0.2) is 140 Å². The van der Waals surface area contributed by atoms with Crippen LogP contribution < -0.4 is 5.32 Å². The molecule has 2 rings (SSSR count). The number of allylic oxidation sites excluding steroid dienone is 5. The monoisotopic (exact) mass is 1350 g/mol. The lowest BCUT2D eigenvalue weighted by Crippen LogP contribution is -2.65. The number of nitrogens with one attached hydrogen (secondary N) is 1. The molecule has 1 amide bonds. The lowest BCUT2D eigenvalue weighted by Gasteiger charge is -2.46. The Morgan fingerprint density at radius 2 is 0.674 bits per heavy atom. The average Bonchev–Trinajstić information content (AvgIpc) is 0.801. The average molecular weight is 1350 g/mol. The summed E-state index contributed by atoms with van der Waals surface area (Å²) >= 11 is 0. The first kappa shape index (κ1) is 89.3. The molecule has 12 unspecified atom stereocenters. The molecule has 0 aliphatic carbocycles. The van der Waals surface area contributed by atoms with E-state index in [9.17, 15) is 45.6 Å². The normalized spacial score (nSPS) is 22.5. The summed E-state index contributed by atoms with van der Waals surface area (Å²) in [5.74, 6) is -0.245. The number of unbranched alkanes of at least 4 members (excludes halogenated alkanes) is 52. The van der Waals surface area contributed by atoms with Crippen LogP contribution in [0.25, 0.3) is 0 Å². The van der Waals surface area contributed by atoms with Gasteiger partial charge in [-0.3, -0.25) is 4.79 Å². The predicted molar refractivity (Wildman–Crippen MR) is 392 cm³/mol. The number of amides is 1. The fourth-order valence-corrected chi connectivity index (χ4v) is 13.6. The highest BCUT2D eigenvalue weighted by molar-refractivity contribution is 5.76. The van der Waals surface area contributed by atoms with Gasteiger partial charge >= 0.3 is 0 Å². The van der Waals surface area contributed by atoms with Crippen LogP contribution in [0, 0.1) is 0 Å². The van der Waals surface area contributed by atoms with Crippen molar-refractivity contribution in [2.45, 2.75) is 453 Å². The summed E-state index contributed by atoms with van der Waals surface area (Å²) in [4.78, 5) is 13.4. The Hall–Kier alpha value is -1.79. The summed E-state index contributed by atoms with van der Waals surface area (Å²) in [5, 5.41) is 87.6. The van der Waals surface area contributed by atoms with E-state index in [1.165, 1.54) is 302 Å². The SMILES string of the molecule is CCCCCCCCCCCCCCCCCCCCC/C=C/CC/C=C/CC/C=C/C(O)C(COC1OC(CO)C(OC2OC(CO)C(O)C(O)C2O)C(O)C1O)NC(=O)CCCCCCCCCCCCCCCCCCCCCCCCCCCCCCCCCC.